The molecule has 1 aliphatic heterocycles. The predicted molar refractivity (Wildman–Crippen MR) is 70.0 cm³/mol. The van der Waals surface area contributed by atoms with Crippen LogP contribution < -0.4 is 0 Å². The molecule has 1 fully saturated rings. The molecule has 0 aromatic carbocycles. The van der Waals surface area contributed by atoms with Crippen LogP contribution >= 0.6 is 11.8 Å². The van der Waals surface area contributed by atoms with E-state index in [0.717, 1.165) is 12.3 Å². The summed E-state index contributed by atoms with van der Waals surface area (Å²) in [7, 11) is 3.42. The van der Waals surface area contributed by atoms with Gasteiger partial charge in [-0.3, -0.25) is 0 Å². The maximum absolute atomic E-state index is 5.20. The second kappa shape index (κ2) is 8.34. The lowest BCUT2D eigenvalue weighted by Gasteiger charge is -2.29. The Labute approximate surface area is 104 Å². The lowest BCUT2D eigenvalue weighted by molar-refractivity contribution is -0.108. The minimum atomic E-state index is -0.0284. The third-order valence-electron chi connectivity index (χ3n) is 3.09. The number of rotatable bonds is 7. The Kier molecular flexibility index (Phi) is 7.45. The van der Waals surface area contributed by atoms with E-state index in [1.807, 2.05) is 0 Å². The van der Waals surface area contributed by atoms with Crippen LogP contribution in [0.1, 0.15) is 19.8 Å². The first-order valence-corrected chi connectivity index (χ1v) is 7.27. The van der Waals surface area contributed by atoms with Gasteiger partial charge in [-0.2, -0.15) is 11.8 Å². The molecule has 0 bridgehead atoms. The van der Waals surface area contributed by atoms with E-state index in [1.165, 1.54) is 37.6 Å². The molecule has 4 heteroatoms. The van der Waals surface area contributed by atoms with Crippen molar-refractivity contribution in [2.75, 3.05) is 45.4 Å². The summed E-state index contributed by atoms with van der Waals surface area (Å²) in [4.78, 5) is 2.58. The molecule has 1 rings (SSSR count). The predicted octanol–water partition coefficient (Wildman–Crippen LogP) is 2.07. The van der Waals surface area contributed by atoms with Gasteiger partial charge in [-0.15, -0.1) is 0 Å². The number of hydrogen-bond donors (Lipinski definition) is 0. The van der Waals surface area contributed by atoms with Crippen LogP contribution in [0.3, 0.4) is 0 Å². The third kappa shape index (κ3) is 5.53. The second-order valence-corrected chi connectivity index (χ2v) is 5.72. The summed E-state index contributed by atoms with van der Waals surface area (Å²) in [5.41, 5.74) is 0. The fraction of sp³-hybridized carbons (Fsp3) is 1.00. The van der Waals surface area contributed by atoms with Crippen LogP contribution in [0.15, 0.2) is 0 Å². The van der Waals surface area contributed by atoms with Crippen molar-refractivity contribution < 1.29 is 9.47 Å². The van der Waals surface area contributed by atoms with Gasteiger partial charge in [0.15, 0.2) is 6.29 Å². The van der Waals surface area contributed by atoms with Crippen molar-refractivity contribution in [2.24, 2.45) is 5.92 Å². The van der Waals surface area contributed by atoms with Gasteiger partial charge in [0.1, 0.15) is 0 Å². The van der Waals surface area contributed by atoms with Gasteiger partial charge in [0.05, 0.1) is 0 Å². The van der Waals surface area contributed by atoms with Crippen LogP contribution in [-0.2, 0) is 9.47 Å². The highest BCUT2D eigenvalue weighted by atomic mass is 32.2. The van der Waals surface area contributed by atoms with Gasteiger partial charge in [-0.25, -0.2) is 0 Å². The smallest absolute Gasteiger partial charge is 0.156 e. The Morgan fingerprint density at radius 1 is 1.12 bits per heavy atom. The molecule has 0 aromatic rings. The molecular formula is C12H25NO2S. The summed E-state index contributed by atoms with van der Waals surface area (Å²) >= 11 is 2.07. The Hall–Kier alpha value is 0.230. The van der Waals surface area contributed by atoms with E-state index in [-0.39, 0.29) is 6.29 Å². The van der Waals surface area contributed by atoms with E-state index >= 15 is 0 Å². The van der Waals surface area contributed by atoms with Crippen LogP contribution in [0, 0.1) is 5.92 Å². The Morgan fingerprint density at radius 3 is 2.31 bits per heavy atom. The molecule has 0 aromatic heterocycles. The molecule has 1 unspecified atom stereocenters. The molecule has 0 aliphatic carbocycles. The van der Waals surface area contributed by atoms with E-state index in [0.29, 0.717) is 0 Å². The highest BCUT2D eigenvalue weighted by Gasteiger charge is 2.15. The lowest BCUT2D eigenvalue weighted by Crippen LogP contribution is -2.36. The van der Waals surface area contributed by atoms with E-state index < -0.39 is 0 Å². The van der Waals surface area contributed by atoms with Crippen molar-refractivity contribution >= 4 is 11.8 Å². The largest absolute Gasteiger partial charge is 0.356 e. The Balaban J connectivity index is 2.11. The van der Waals surface area contributed by atoms with Crippen LogP contribution in [0.2, 0.25) is 0 Å². The number of ether oxygens (including phenoxy) is 2. The van der Waals surface area contributed by atoms with Crippen molar-refractivity contribution in [1.82, 2.24) is 4.90 Å². The molecule has 1 heterocycles. The fourth-order valence-corrected chi connectivity index (χ4v) is 3.05. The number of hydrogen-bond acceptors (Lipinski definition) is 4. The monoisotopic (exact) mass is 247 g/mol. The lowest BCUT2D eigenvalue weighted by atomic mass is 10.0. The SMILES string of the molecule is COC(CCC(C)CN1CCSCC1)OC. The number of nitrogens with zero attached hydrogens (tertiary/aromatic N) is 1. The highest BCUT2D eigenvalue weighted by molar-refractivity contribution is 7.99. The van der Waals surface area contributed by atoms with Crippen molar-refractivity contribution in [3.63, 3.8) is 0 Å². The third-order valence-corrected chi connectivity index (χ3v) is 4.04. The zero-order valence-corrected chi connectivity index (χ0v) is 11.6. The van der Waals surface area contributed by atoms with Crippen molar-refractivity contribution in [2.45, 2.75) is 26.1 Å². The number of methoxy groups -OCH3 is 2. The molecule has 0 N–H and O–H groups in total. The van der Waals surface area contributed by atoms with Gasteiger partial charge in [-0.1, -0.05) is 6.92 Å². The molecule has 1 saturated heterocycles. The van der Waals surface area contributed by atoms with Crippen LogP contribution in [0.25, 0.3) is 0 Å². The zero-order chi connectivity index (χ0) is 11.8. The summed E-state index contributed by atoms with van der Waals surface area (Å²) in [6.45, 7) is 6.06. The highest BCUT2D eigenvalue weighted by Crippen LogP contribution is 2.15. The van der Waals surface area contributed by atoms with Crippen LogP contribution in [-0.4, -0.2) is 56.5 Å². The van der Waals surface area contributed by atoms with Gasteiger partial charge >= 0.3 is 0 Å². The summed E-state index contributed by atoms with van der Waals surface area (Å²) in [6.07, 6.45) is 2.14. The second-order valence-electron chi connectivity index (χ2n) is 4.50. The normalized spacial score (nSPS) is 20.2. The van der Waals surface area contributed by atoms with Gasteiger partial charge < -0.3 is 14.4 Å². The first-order chi connectivity index (χ1) is 7.76. The van der Waals surface area contributed by atoms with Gasteiger partial charge in [0, 0.05) is 45.4 Å². The summed E-state index contributed by atoms with van der Waals surface area (Å²) in [6, 6.07) is 0. The standard InChI is InChI=1S/C12H25NO2S/c1-11(4-5-12(14-2)15-3)10-13-6-8-16-9-7-13/h11-12H,4-10H2,1-3H3. The van der Waals surface area contributed by atoms with E-state index in [4.69, 9.17) is 9.47 Å². The van der Waals surface area contributed by atoms with Gasteiger partial charge in [-0.05, 0) is 18.8 Å². The molecule has 96 valence electrons. The first kappa shape index (κ1) is 14.3. The fourth-order valence-electron chi connectivity index (χ4n) is 2.07. The van der Waals surface area contributed by atoms with Crippen LogP contribution in [0.4, 0.5) is 0 Å². The van der Waals surface area contributed by atoms with Crippen LogP contribution in [0.5, 0.6) is 0 Å². The van der Waals surface area contributed by atoms with Crippen molar-refractivity contribution in [3.8, 4) is 0 Å². The molecule has 3 nitrogen and oxygen atoms in total. The minimum Gasteiger partial charge on any atom is -0.356 e. The maximum Gasteiger partial charge on any atom is 0.156 e. The zero-order valence-electron chi connectivity index (χ0n) is 10.8. The van der Waals surface area contributed by atoms with Crippen molar-refractivity contribution in [1.29, 1.82) is 0 Å². The maximum atomic E-state index is 5.20. The average molecular weight is 247 g/mol. The van der Waals surface area contributed by atoms with E-state index in [9.17, 15) is 0 Å². The van der Waals surface area contributed by atoms with Gasteiger partial charge in [0.2, 0.25) is 0 Å². The summed E-state index contributed by atoms with van der Waals surface area (Å²) < 4.78 is 10.4. The summed E-state index contributed by atoms with van der Waals surface area (Å²) in [5, 5.41) is 0. The van der Waals surface area contributed by atoms with Gasteiger partial charge in [0.25, 0.3) is 0 Å². The Morgan fingerprint density at radius 2 is 1.75 bits per heavy atom. The topological polar surface area (TPSA) is 21.7 Å². The number of thioether (sulfide) groups is 1. The van der Waals surface area contributed by atoms with E-state index in [1.54, 1.807) is 14.2 Å². The average Bonchev–Trinajstić information content (AvgIpc) is 2.31. The molecule has 0 radical (unpaired) electrons. The van der Waals surface area contributed by atoms with Crippen molar-refractivity contribution in [3.05, 3.63) is 0 Å². The molecule has 16 heavy (non-hydrogen) atoms. The first-order valence-electron chi connectivity index (χ1n) is 6.12. The molecular weight excluding hydrogens is 222 g/mol. The Bertz CT molecular complexity index is 170. The summed E-state index contributed by atoms with van der Waals surface area (Å²) in [5.74, 6) is 3.33. The molecule has 0 saturated carbocycles. The molecule has 0 amide bonds. The quantitative estimate of drug-likeness (QED) is 0.642. The minimum absolute atomic E-state index is 0.0284. The van der Waals surface area contributed by atoms with E-state index in [2.05, 4.69) is 23.6 Å². The molecule has 1 aliphatic rings. The molecule has 0 spiro atoms. The molecule has 1 atom stereocenters.